The van der Waals surface area contributed by atoms with Gasteiger partial charge in [-0.15, -0.1) is 0 Å². The summed E-state index contributed by atoms with van der Waals surface area (Å²) < 4.78 is 0. The number of carbonyl (C=O) groups excluding carboxylic acids is 2. The van der Waals surface area contributed by atoms with Crippen molar-refractivity contribution in [1.82, 2.24) is 4.90 Å². The van der Waals surface area contributed by atoms with E-state index in [1.165, 1.54) is 0 Å². The largest absolute Gasteiger partial charge is 0.393 e. The summed E-state index contributed by atoms with van der Waals surface area (Å²) in [4.78, 5) is 31.3. The maximum absolute atomic E-state index is 12.8. The number of carbonyl (C=O) groups is 2. The van der Waals surface area contributed by atoms with Crippen LogP contribution in [0.25, 0.3) is 0 Å². The standard InChI is InChI=1S/C22H26N2O3/c25-17-8-10-24(11-9-17)22(27)16-5-3-4-15(12-16)13-20-18-6-1-2-7-19(18)21(26)14-23-20/h3-5,12,17,25H,1-2,6-11,13-14H2. The van der Waals surface area contributed by atoms with Gasteiger partial charge in [0.25, 0.3) is 5.91 Å². The summed E-state index contributed by atoms with van der Waals surface area (Å²) in [6.45, 7) is 1.48. The van der Waals surface area contributed by atoms with Crippen molar-refractivity contribution in [3.05, 3.63) is 46.5 Å². The highest BCUT2D eigenvalue weighted by molar-refractivity contribution is 6.14. The fraction of sp³-hybridized carbons (Fsp3) is 0.500. The van der Waals surface area contributed by atoms with Gasteiger partial charge in [-0.3, -0.25) is 14.6 Å². The Kier molecular flexibility index (Phi) is 5.21. The van der Waals surface area contributed by atoms with Crippen molar-refractivity contribution < 1.29 is 14.7 Å². The Morgan fingerprint density at radius 2 is 1.89 bits per heavy atom. The normalized spacial score (nSPS) is 21.1. The first kappa shape index (κ1) is 18.1. The summed E-state index contributed by atoms with van der Waals surface area (Å²) in [5.74, 6) is 0.215. The minimum atomic E-state index is -0.287. The molecule has 4 rings (SSSR count). The first-order valence-corrected chi connectivity index (χ1v) is 9.97. The molecule has 142 valence electrons. The lowest BCUT2D eigenvalue weighted by Gasteiger charge is -2.29. The summed E-state index contributed by atoms with van der Waals surface area (Å²) in [5, 5.41) is 9.64. The second-order valence-electron chi connectivity index (χ2n) is 7.75. The maximum Gasteiger partial charge on any atom is 0.253 e. The lowest BCUT2D eigenvalue weighted by molar-refractivity contribution is -0.114. The first-order valence-electron chi connectivity index (χ1n) is 9.97. The fourth-order valence-corrected chi connectivity index (χ4v) is 4.31. The highest BCUT2D eigenvalue weighted by Crippen LogP contribution is 2.30. The van der Waals surface area contributed by atoms with Crippen molar-refractivity contribution in [2.45, 2.75) is 51.0 Å². The Morgan fingerprint density at radius 3 is 2.67 bits per heavy atom. The second-order valence-corrected chi connectivity index (χ2v) is 7.75. The molecule has 1 aromatic rings. The molecule has 27 heavy (non-hydrogen) atoms. The molecule has 0 aromatic heterocycles. The van der Waals surface area contributed by atoms with E-state index in [4.69, 9.17) is 0 Å². The SMILES string of the molecule is O=C1CN=C(Cc2cccc(C(=O)N3CCC(O)CC3)c2)C2=C1CCCC2. The van der Waals surface area contributed by atoms with E-state index in [1.54, 1.807) is 0 Å². The summed E-state index contributed by atoms with van der Waals surface area (Å²) in [5.41, 5.74) is 4.91. The molecule has 1 saturated heterocycles. The maximum atomic E-state index is 12.8. The van der Waals surface area contributed by atoms with E-state index < -0.39 is 0 Å². The van der Waals surface area contributed by atoms with Crippen LogP contribution >= 0.6 is 0 Å². The predicted molar refractivity (Wildman–Crippen MR) is 104 cm³/mol. The summed E-state index contributed by atoms with van der Waals surface area (Å²) >= 11 is 0. The molecule has 2 aliphatic heterocycles. The van der Waals surface area contributed by atoms with Gasteiger partial charge in [-0.05, 0) is 61.8 Å². The van der Waals surface area contributed by atoms with Crippen molar-refractivity contribution in [1.29, 1.82) is 0 Å². The van der Waals surface area contributed by atoms with E-state index in [0.717, 1.165) is 48.1 Å². The molecule has 0 saturated carbocycles. The molecular formula is C22H26N2O3. The van der Waals surface area contributed by atoms with E-state index in [9.17, 15) is 14.7 Å². The molecule has 1 amide bonds. The number of amides is 1. The highest BCUT2D eigenvalue weighted by Gasteiger charge is 2.26. The molecule has 2 heterocycles. The summed E-state index contributed by atoms with van der Waals surface area (Å²) in [6.07, 6.45) is 5.70. The molecule has 0 unspecified atom stereocenters. The van der Waals surface area contributed by atoms with Crippen molar-refractivity contribution in [2.24, 2.45) is 4.99 Å². The molecular weight excluding hydrogens is 340 g/mol. The van der Waals surface area contributed by atoms with Gasteiger partial charge in [0, 0.05) is 36.4 Å². The Morgan fingerprint density at radius 1 is 1.15 bits per heavy atom. The predicted octanol–water partition coefficient (Wildman–Crippen LogP) is 2.72. The van der Waals surface area contributed by atoms with E-state index in [2.05, 4.69) is 4.99 Å². The van der Waals surface area contributed by atoms with Gasteiger partial charge in [-0.25, -0.2) is 0 Å². The number of allylic oxidation sites excluding steroid dienone is 1. The van der Waals surface area contributed by atoms with Gasteiger partial charge in [-0.2, -0.15) is 0 Å². The summed E-state index contributed by atoms with van der Waals surface area (Å²) in [7, 11) is 0. The Balaban J connectivity index is 1.51. The monoisotopic (exact) mass is 366 g/mol. The number of likely N-dealkylation sites (tertiary alicyclic amines) is 1. The molecule has 1 N–H and O–H groups in total. The van der Waals surface area contributed by atoms with Gasteiger partial charge in [0.2, 0.25) is 0 Å². The number of aliphatic imine (C=N–C) groups is 1. The van der Waals surface area contributed by atoms with Crippen LogP contribution in [-0.2, 0) is 11.2 Å². The van der Waals surface area contributed by atoms with Crippen LogP contribution in [0.1, 0.15) is 54.4 Å². The molecule has 1 fully saturated rings. The molecule has 5 nitrogen and oxygen atoms in total. The highest BCUT2D eigenvalue weighted by atomic mass is 16.3. The van der Waals surface area contributed by atoms with E-state index in [-0.39, 0.29) is 24.3 Å². The number of dihydropyridines is 1. The molecule has 0 radical (unpaired) electrons. The van der Waals surface area contributed by atoms with Crippen LogP contribution < -0.4 is 0 Å². The van der Waals surface area contributed by atoms with Crippen molar-refractivity contribution >= 4 is 17.4 Å². The third kappa shape index (κ3) is 3.88. The van der Waals surface area contributed by atoms with Gasteiger partial charge >= 0.3 is 0 Å². The number of piperidine rings is 1. The van der Waals surface area contributed by atoms with Crippen LogP contribution in [0.4, 0.5) is 0 Å². The van der Waals surface area contributed by atoms with Gasteiger partial charge in [-0.1, -0.05) is 12.1 Å². The van der Waals surface area contributed by atoms with Crippen LogP contribution in [0.5, 0.6) is 0 Å². The number of ketones is 1. The van der Waals surface area contributed by atoms with Gasteiger partial charge < -0.3 is 10.0 Å². The number of hydrogen-bond donors (Lipinski definition) is 1. The average molecular weight is 366 g/mol. The number of aliphatic hydroxyl groups excluding tert-OH is 1. The fourth-order valence-electron chi connectivity index (χ4n) is 4.31. The van der Waals surface area contributed by atoms with Gasteiger partial charge in [0.15, 0.2) is 5.78 Å². The van der Waals surface area contributed by atoms with Crippen LogP contribution in [0.3, 0.4) is 0 Å². The molecule has 1 aliphatic carbocycles. The quantitative estimate of drug-likeness (QED) is 0.894. The third-order valence-corrected chi connectivity index (χ3v) is 5.86. The molecule has 1 aromatic carbocycles. The Hall–Kier alpha value is -2.27. The molecule has 5 heteroatoms. The van der Waals surface area contributed by atoms with E-state index in [1.807, 2.05) is 29.2 Å². The topological polar surface area (TPSA) is 70.0 Å². The third-order valence-electron chi connectivity index (χ3n) is 5.86. The zero-order chi connectivity index (χ0) is 18.8. The Bertz CT molecular complexity index is 817. The molecule has 0 bridgehead atoms. The second kappa shape index (κ2) is 7.77. The average Bonchev–Trinajstić information content (AvgIpc) is 2.71. The van der Waals surface area contributed by atoms with Crippen molar-refractivity contribution in [3.63, 3.8) is 0 Å². The van der Waals surface area contributed by atoms with Crippen molar-refractivity contribution in [2.75, 3.05) is 19.6 Å². The van der Waals surface area contributed by atoms with Gasteiger partial charge in [0.1, 0.15) is 6.54 Å². The zero-order valence-corrected chi connectivity index (χ0v) is 15.6. The number of benzene rings is 1. The lowest BCUT2D eigenvalue weighted by Crippen LogP contribution is -2.40. The van der Waals surface area contributed by atoms with E-state index in [0.29, 0.717) is 37.9 Å². The van der Waals surface area contributed by atoms with E-state index >= 15 is 0 Å². The van der Waals surface area contributed by atoms with Crippen LogP contribution in [-0.4, -0.2) is 53.1 Å². The number of hydrogen-bond acceptors (Lipinski definition) is 4. The minimum Gasteiger partial charge on any atom is -0.393 e. The number of aliphatic hydroxyl groups is 1. The minimum absolute atomic E-state index is 0.0297. The lowest BCUT2D eigenvalue weighted by atomic mass is 9.83. The number of Topliss-reactive ketones (excluding diaryl/α,β-unsaturated/α-hetero) is 1. The van der Waals surface area contributed by atoms with Crippen LogP contribution in [0.2, 0.25) is 0 Å². The zero-order valence-electron chi connectivity index (χ0n) is 15.6. The smallest absolute Gasteiger partial charge is 0.253 e. The molecule has 0 spiro atoms. The van der Waals surface area contributed by atoms with Gasteiger partial charge in [0.05, 0.1) is 6.10 Å². The van der Waals surface area contributed by atoms with Crippen LogP contribution in [0, 0.1) is 0 Å². The number of nitrogens with zero attached hydrogens (tertiary/aromatic N) is 2. The Labute approximate surface area is 159 Å². The first-order chi connectivity index (χ1) is 13.1. The van der Waals surface area contributed by atoms with Crippen molar-refractivity contribution in [3.8, 4) is 0 Å². The molecule has 3 aliphatic rings. The summed E-state index contributed by atoms with van der Waals surface area (Å²) in [6, 6.07) is 7.76. The molecule has 0 atom stereocenters. The van der Waals surface area contributed by atoms with Crippen LogP contribution in [0.15, 0.2) is 40.4 Å². The number of rotatable bonds is 3.